The quantitative estimate of drug-likeness (QED) is 0.201. The van der Waals surface area contributed by atoms with E-state index in [-0.39, 0.29) is 0 Å². The van der Waals surface area contributed by atoms with Gasteiger partial charge in [-0.15, -0.1) is 0 Å². The van der Waals surface area contributed by atoms with Crippen molar-refractivity contribution >= 4 is 54.9 Å². The Morgan fingerprint density at radius 2 is 1.20 bits per heavy atom. The van der Waals surface area contributed by atoms with Crippen LogP contribution >= 0.6 is 0 Å². The predicted molar refractivity (Wildman–Crippen MR) is 188 cm³/mol. The normalized spacial score (nSPS) is 16.7. The predicted octanol–water partition coefficient (Wildman–Crippen LogP) is 11.3. The molecule has 2 nitrogen and oxygen atoms in total. The fourth-order valence-corrected chi connectivity index (χ4v) is 7.46. The average Bonchev–Trinajstić information content (AvgIpc) is 3.61. The largest absolute Gasteiger partial charge is 0.333 e. The summed E-state index contributed by atoms with van der Waals surface area (Å²) in [6, 6.07) is 42.9. The first kappa shape index (κ1) is 25.2. The summed E-state index contributed by atoms with van der Waals surface area (Å²) in [4.78, 5) is 0. The molecular formula is C42H32N2. The van der Waals surface area contributed by atoms with Crippen molar-refractivity contribution in [3.8, 4) is 11.1 Å². The Labute approximate surface area is 257 Å². The number of fused-ring (bicyclic) bond motifs is 6. The minimum Gasteiger partial charge on any atom is -0.333 e. The third kappa shape index (κ3) is 3.95. The lowest BCUT2D eigenvalue weighted by Gasteiger charge is -2.18. The summed E-state index contributed by atoms with van der Waals surface area (Å²) in [5.41, 5.74) is 11.7. The van der Waals surface area contributed by atoms with E-state index in [1.54, 1.807) is 0 Å². The van der Waals surface area contributed by atoms with Gasteiger partial charge in [0.2, 0.25) is 0 Å². The van der Waals surface area contributed by atoms with Crippen LogP contribution in [-0.2, 0) is 0 Å². The van der Waals surface area contributed by atoms with Gasteiger partial charge in [-0.25, -0.2) is 0 Å². The first-order chi connectivity index (χ1) is 21.8. The number of hydrogen-bond acceptors (Lipinski definition) is 0. The van der Waals surface area contributed by atoms with E-state index in [0.29, 0.717) is 6.04 Å². The van der Waals surface area contributed by atoms with E-state index in [9.17, 15) is 0 Å². The van der Waals surface area contributed by atoms with Crippen LogP contribution in [-0.4, -0.2) is 9.13 Å². The number of nitrogens with zero attached hydrogens (tertiary/aromatic N) is 2. The number of para-hydroxylation sites is 2. The molecule has 210 valence electrons. The molecule has 2 aliphatic carbocycles. The maximum Gasteiger partial charge on any atom is 0.0560 e. The Hall–Kier alpha value is -5.34. The van der Waals surface area contributed by atoms with Gasteiger partial charge in [0.05, 0.1) is 17.1 Å². The van der Waals surface area contributed by atoms with Gasteiger partial charge >= 0.3 is 0 Å². The first-order valence-electron chi connectivity index (χ1n) is 15.7. The zero-order valence-corrected chi connectivity index (χ0v) is 24.5. The fraction of sp³-hybridized carbons (Fsp3) is 0.0952. The van der Waals surface area contributed by atoms with Crippen molar-refractivity contribution in [1.29, 1.82) is 0 Å². The maximum absolute atomic E-state index is 2.52. The molecular weight excluding hydrogens is 532 g/mol. The zero-order valence-electron chi connectivity index (χ0n) is 24.5. The molecule has 9 rings (SSSR count). The second-order valence-corrected chi connectivity index (χ2v) is 12.0. The molecule has 0 saturated heterocycles. The molecule has 0 N–H and O–H groups in total. The summed E-state index contributed by atoms with van der Waals surface area (Å²) in [5.74, 6) is 0. The van der Waals surface area contributed by atoms with Crippen molar-refractivity contribution in [3.05, 3.63) is 157 Å². The second-order valence-electron chi connectivity index (χ2n) is 12.0. The highest BCUT2D eigenvalue weighted by Crippen LogP contribution is 2.40. The molecule has 2 aliphatic rings. The van der Waals surface area contributed by atoms with Crippen molar-refractivity contribution in [2.24, 2.45) is 0 Å². The third-order valence-corrected chi connectivity index (χ3v) is 9.57. The highest BCUT2D eigenvalue weighted by molar-refractivity contribution is 6.12. The van der Waals surface area contributed by atoms with Gasteiger partial charge in [-0.05, 0) is 77.9 Å². The van der Waals surface area contributed by atoms with Gasteiger partial charge in [-0.2, -0.15) is 0 Å². The number of benzene rings is 5. The van der Waals surface area contributed by atoms with Crippen molar-refractivity contribution in [3.63, 3.8) is 0 Å². The van der Waals surface area contributed by atoms with Crippen LogP contribution in [0.5, 0.6) is 0 Å². The molecule has 2 heterocycles. The van der Waals surface area contributed by atoms with Gasteiger partial charge in [0.1, 0.15) is 0 Å². The molecule has 1 atom stereocenters. The lowest BCUT2D eigenvalue weighted by molar-refractivity contribution is 0.648. The van der Waals surface area contributed by atoms with Crippen LogP contribution < -0.4 is 0 Å². The van der Waals surface area contributed by atoms with Crippen LogP contribution in [0.4, 0.5) is 0 Å². The van der Waals surface area contributed by atoms with Crippen molar-refractivity contribution in [2.75, 3.05) is 0 Å². The number of aromatic nitrogens is 2. The Morgan fingerprint density at radius 1 is 0.500 bits per heavy atom. The molecule has 44 heavy (non-hydrogen) atoms. The Bertz CT molecular complexity index is 2350. The average molecular weight is 565 g/mol. The summed E-state index contributed by atoms with van der Waals surface area (Å²) >= 11 is 0. The van der Waals surface area contributed by atoms with E-state index in [2.05, 4.69) is 161 Å². The van der Waals surface area contributed by atoms with E-state index in [1.165, 1.54) is 71.6 Å². The molecule has 0 fully saturated rings. The van der Waals surface area contributed by atoms with Crippen LogP contribution in [0.1, 0.15) is 30.9 Å². The van der Waals surface area contributed by atoms with Crippen LogP contribution in [0.15, 0.2) is 152 Å². The minimum absolute atomic E-state index is 0.334. The van der Waals surface area contributed by atoms with Crippen molar-refractivity contribution in [1.82, 2.24) is 9.13 Å². The maximum atomic E-state index is 2.52. The smallest absolute Gasteiger partial charge is 0.0560 e. The fourth-order valence-electron chi connectivity index (χ4n) is 7.46. The topological polar surface area (TPSA) is 9.86 Å². The molecule has 0 bridgehead atoms. The standard InChI is InChI=1S/C42H32N2/c1-3-11-29(12-4-1)30-19-23-34(24-20-30)44-39-17-9-7-15-35(39)37-25-21-32(28-42(37)44)31-22-26-41-38(27-31)36-16-8-10-18-40(36)43(41)33-13-5-2-6-14-33/h1-13,15-19,21-23,25-28,33H,14,20,24H2. The van der Waals surface area contributed by atoms with Gasteiger partial charge in [0.15, 0.2) is 0 Å². The van der Waals surface area contributed by atoms with Gasteiger partial charge in [0.25, 0.3) is 0 Å². The van der Waals surface area contributed by atoms with E-state index in [4.69, 9.17) is 0 Å². The summed E-state index contributed by atoms with van der Waals surface area (Å²) in [6.45, 7) is 0. The van der Waals surface area contributed by atoms with Crippen molar-refractivity contribution in [2.45, 2.75) is 25.3 Å². The van der Waals surface area contributed by atoms with Crippen LogP contribution in [0.3, 0.4) is 0 Å². The highest BCUT2D eigenvalue weighted by atomic mass is 15.0. The molecule has 0 saturated carbocycles. The number of allylic oxidation sites excluding steroid dienone is 8. The second kappa shape index (κ2) is 10.1. The molecule has 1 unspecified atom stereocenters. The SMILES string of the molecule is C1=CCC(n2c3ccccc3c3cc(-c4ccc5c6ccccc6n(C6=CC=C(c7ccccc7)CC6)c5c4)ccc32)C=C1. The number of rotatable bonds is 4. The van der Waals surface area contributed by atoms with E-state index < -0.39 is 0 Å². The monoisotopic (exact) mass is 564 g/mol. The van der Waals surface area contributed by atoms with Gasteiger partial charge in [-0.1, -0.05) is 115 Å². The van der Waals surface area contributed by atoms with E-state index in [1.807, 2.05) is 0 Å². The Balaban J connectivity index is 1.20. The lowest BCUT2D eigenvalue weighted by Crippen LogP contribution is -2.06. The summed E-state index contributed by atoms with van der Waals surface area (Å²) in [7, 11) is 0. The van der Waals surface area contributed by atoms with Crippen LogP contribution in [0.2, 0.25) is 0 Å². The summed E-state index contributed by atoms with van der Waals surface area (Å²) in [6.07, 6.45) is 16.6. The summed E-state index contributed by atoms with van der Waals surface area (Å²) < 4.78 is 5.02. The molecule has 0 radical (unpaired) electrons. The molecule has 0 amide bonds. The Kier molecular flexibility index (Phi) is 5.80. The van der Waals surface area contributed by atoms with E-state index >= 15 is 0 Å². The van der Waals surface area contributed by atoms with Gasteiger partial charge in [-0.3, -0.25) is 0 Å². The van der Waals surface area contributed by atoms with Crippen LogP contribution in [0, 0.1) is 0 Å². The third-order valence-electron chi connectivity index (χ3n) is 9.57. The lowest BCUT2D eigenvalue weighted by atomic mass is 9.95. The molecule has 7 aromatic rings. The Morgan fingerprint density at radius 3 is 2.00 bits per heavy atom. The van der Waals surface area contributed by atoms with Crippen LogP contribution in [0.25, 0.3) is 66.0 Å². The minimum atomic E-state index is 0.334. The molecule has 0 aliphatic heterocycles. The summed E-state index contributed by atoms with van der Waals surface area (Å²) in [5, 5.41) is 5.24. The molecule has 5 aromatic carbocycles. The molecule has 2 heteroatoms. The van der Waals surface area contributed by atoms with Gasteiger partial charge in [0, 0.05) is 38.3 Å². The highest BCUT2D eigenvalue weighted by Gasteiger charge is 2.19. The first-order valence-corrected chi connectivity index (χ1v) is 15.7. The van der Waals surface area contributed by atoms with Gasteiger partial charge < -0.3 is 9.13 Å². The molecule has 0 spiro atoms. The number of hydrogen-bond donors (Lipinski definition) is 0. The van der Waals surface area contributed by atoms with Crippen molar-refractivity contribution < 1.29 is 0 Å². The van der Waals surface area contributed by atoms with E-state index in [0.717, 1.165) is 19.3 Å². The molecule has 2 aromatic heterocycles. The zero-order chi connectivity index (χ0) is 29.0.